The number of thioether (sulfide) groups is 1. The van der Waals surface area contributed by atoms with E-state index in [1.807, 2.05) is 13.8 Å². The second-order valence-corrected chi connectivity index (χ2v) is 7.00. The molecular formula is C15H29NO2S. The van der Waals surface area contributed by atoms with Crippen molar-refractivity contribution in [2.75, 3.05) is 19.4 Å². The van der Waals surface area contributed by atoms with Crippen molar-refractivity contribution in [3.05, 3.63) is 0 Å². The first-order valence-electron chi connectivity index (χ1n) is 7.57. The monoisotopic (exact) mass is 287 g/mol. The molecule has 4 heteroatoms. The molecule has 19 heavy (non-hydrogen) atoms. The first kappa shape index (κ1) is 16.8. The number of carbonyl (C=O) groups excluding carboxylic acids is 1. The lowest BCUT2D eigenvalue weighted by molar-refractivity contribution is -0.148. The third-order valence-electron chi connectivity index (χ3n) is 3.93. The molecule has 0 spiro atoms. The number of likely N-dealkylation sites (N-methyl/N-ethyl adjacent to an activating group) is 1. The van der Waals surface area contributed by atoms with E-state index in [0.29, 0.717) is 0 Å². The molecule has 0 aromatic carbocycles. The maximum atomic E-state index is 11.8. The van der Waals surface area contributed by atoms with Gasteiger partial charge in [-0.15, -0.1) is 0 Å². The van der Waals surface area contributed by atoms with E-state index < -0.39 is 5.54 Å². The Hall–Kier alpha value is -0.220. The summed E-state index contributed by atoms with van der Waals surface area (Å²) in [5.74, 6) is 1.01. The van der Waals surface area contributed by atoms with E-state index in [9.17, 15) is 4.79 Å². The molecule has 0 radical (unpaired) electrons. The molecule has 0 heterocycles. The first-order chi connectivity index (χ1) is 9.12. The SMILES string of the molecule is CCNC(C)(CCCSC1CCCCC1)C(=O)OC. The topological polar surface area (TPSA) is 38.3 Å². The molecule has 1 rings (SSSR count). The Morgan fingerprint density at radius 2 is 2.05 bits per heavy atom. The summed E-state index contributed by atoms with van der Waals surface area (Å²) in [5, 5.41) is 4.12. The normalized spacial score (nSPS) is 19.9. The zero-order chi connectivity index (χ0) is 14.1. The molecule has 0 saturated heterocycles. The minimum Gasteiger partial charge on any atom is -0.468 e. The van der Waals surface area contributed by atoms with Crippen molar-refractivity contribution in [1.29, 1.82) is 0 Å². The van der Waals surface area contributed by atoms with Gasteiger partial charge in [0, 0.05) is 5.25 Å². The Balaban J connectivity index is 2.25. The van der Waals surface area contributed by atoms with E-state index in [1.165, 1.54) is 39.2 Å². The highest BCUT2D eigenvalue weighted by molar-refractivity contribution is 7.99. The highest BCUT2D eigenvalue weighted by Crippen LogP contribution is 2.29. The molecule has 1 unspecified atom stereocenters. The number of nitrogens with one attached hydrogen (secondary N) is 1. The van der Waals surface area contributed by atoms with Crippen molar-refractivity contribution in [2.24, 2.45) is 0 Å². The number of esters is 1. The van der Waals surface area contributed by atoms with Gasteiger partial charge in [0.05, 0.1) is 7.11 Å². The van der Waals surface area contributed by atoms with Crippen LogP contribution in [0.5, 0.6) is 0 Å². The highest BCUT2D eigenvalue weighted by atomic mass is 32.2. The molecule has 1 saturated carbocycles. The fourth-order valence-electron chi connectivity index (χ4n) is 2.79. The number of hydrogen-bond acceptors (Lipinski definition) is 4. The van der Waals surface area contributed by atoms with Crippen molar-refractivity contribution in [1.82, 2.24) is 5.32 Å². The van der Waals surface area contributed by atoms with Crippen LogP contribution in [0, 0.1) is 0 Å². The first-order valence-corrected chi connectivity index (χ1v) is 8.62. The van der Waals surface area contributed by atoms with E-state index >= 15 is 0 Å². The van der Waals surface area contributed by atoms with Crippen LogP contribution in [0.15, 0.2) is 0 Å². The Morgan fingerprint density at radius 3 is 2.63 bits per heavy atom. The van der Waals surface area contributed by atoms with Crippen LogP contribution in [0.2, 0.25) is 0 Å². The predicted molar refractivity (Wildman–Crippen MR) is 82.7 cm³/mol. The van der Waals surface area contributed by atoms with Crippen molar-refractivity contribution in [3.8, 4) is 0 Å². The lowest BCUT2D eigenvalue weighted by Crippen LogP contribution is -2.50. The molecule has 1 atom stereocenters. The number of methoxy groups -OCH3 is 1. The van der Waals surface area contributed by atoms with E-state index in [1.54, 1.807) is 0 Å². The molecule has 0 aromatic heterocycles. The van der Waals surface area contributed by atoms with Crippen LogP contribution in [-0.4, -0.2) is 36.2 Å². The van der Waals surface area contributed by atoms with Crippen molar-refractivity contribution in [3.63, 3.8) is 0 Å². The molecule has 3 nitrogen and oxygen atoms in total. The van der Waals surface area contributed by atoms with Crippen LogP contribution >= 0.6 is 11.8 Å². The molecule has 1 fully saturated rings. The van der Waals surface area contributed by atoms with Gasteiger partial charge in [-0.05, 0) is 44.9 Å². The Labute approximate surface area is 122 Å². The average molecular weight is 287 g/mol. The number of rotatable bonds is 8. The quantitative estimate of drug-likeness (QED) is 0.549. The number of carbonyl (C=O) groups is 1. The third kappa shape index (κ3) is 5.74. The molecule has 1 N–H and O–H groups in total. The summed E-state index contributed by atoms with van der Waals surface area (Å²) in [7, 11) is 1.47. The molecule has 1 aliphatic rings. The molecule has 0 aliphatic heterocycles. The van der Waals surface area contributed by atoms with Gasteiger partial charge in [-0.3, -0.25) is 4.79 Å². The van der Waals surface area contributed by atoms with Gasteiger partial charge in [-0.25, -0.2) is 0 Å². The van der Waals surface area contributed by atoms with Crippen LogP contribution in [0.4, 0.5) is 0 Å². The minimum atomic E-state index is -0.517. The minimum absolute atomic E-state index is 0.142. The summed E-state index contributed by atoms with van der Waals surface area (Å²) in [6, 6.07) is 0. The van der Waals surface area contributed by atoms with E-state index in [2.05, 4.69) is 17.1 Å². The predicted octanol–water partition coefficient (Wildman–Crippen LogP) is 3.37. The van der Waals surface area contributed by atoms with Crippen LogP contribution in [0.25, 0.3) is 0 Å². The van der Waals surface area contributed by atoms with Crippen LogP contribution in [0.3, 0.4) is 0 Å². The molecule has 0 amide bonds. The van der Waals surface area contributed by atoms with Crippen molar-refractivity contribution in [2.45, 2.75) is 69.6 Å². The largest absolute Gasteiger partial charge is 0.468 e. The summed E-state index contributed by atoms with van der Waals surface area (Å²) in [6.07, 6.45) is 8.90. The Morgan fingerprint density at radius 1 is 1.37 bits per heavy atom. The zero-order valence-electron chi connectivity index (χ0n) is 12.7. The van der Waals surface area contributed by atoms with Crippen LogP contribution in [-0.2, 0) is 9.53 Å². The molecule has 0 aromatic rings. The summed E-state index contributed by atoms with van der Waals surface area (Å²) >= 11 is 2.10. The van der Waals surface area contributed by atoms with Crippen molar-refractivity contribution < 1.29 is 9.53 Å². The smallest absolute Gasteiger partial charge is 0.325 e. The lowest BCUT2D eigenvalue weighted by atomic mass is 9.96. The van der Waals surface area contributed by atoms with Gasteiger partial charge in [-0.1, -0.05) is 26.2 Å². The summed E-state index contributed by atoms with van der Waals surface area (Å²) in [6.45, 7) is 4.77. The van der Waals surface area contributed by atoms with Gasteiger partial charge < -0.3 is 10.1 Å². The highest BCUT2D eigenvalue weighted by Gasteiger charge is 2.32. The van der Waals surface area contributed by atoms with E-state index in [0.717, 1.165) is 30.4 Å². The van der Waals surface area contributed by atoms with Gasteiger partial charge in [0.1, 0.15) is 5.54 Å². The maximum Gasteiger partial charge on any atom is 0.325 e. The number of ether oxygens (including phenoxy) is 1. The van der Waals surface area contributed by atoms with Gasteiger partial charge in [0.25, 0.3) is 0 Å². The lowest BCUT2D eigenvalue weighted by Gasteiger charge is -2.28. The summed E-state index contributed by atoms with van der Waals surface area (Å²) in [5.41, 5.74) is -0.517. The summed E-state index contributed by atoms with van der Waals surface area (Å²) in [4.78, 5) is 11.8. The van der Waals surface area contributed by atoms with E-state index in [-0.39, 0.29) is 5.97 Å². The zero-order valence-corrected chi connectivity index (χ0v) is 13.5. The summed E-state index contributed by atoms with van der Waals surface area (Å²) < 4.78 is 4.91. The van der Waals surface area contributed by atoms with Gasteiger partial charge >= 0.3 is 5.97 Å². The standard InChI is InChI=1S/C15H29NO2S/c1-4-16-15(2,14(17)18-3)11-8-12-19-13-9-6-5-7-10-13/h13,16H,4-12H2,1-3H3. The Bertz CT molecular complexity index is 267. The van der Waals surface area contributed by atoms with Gasteiger partial charge in [-0.2, -0.15) is 11.8 Å². The maximum absolute atomic E-state index is 11.8. The molecular weight excluding hydrogens is 258 g/mol. The fraction of sp³-hybridized carbons (Fsp3) is 0.933. The van der Waals surface area contributed by atoms with Gasteiger partial charge in [0.15, 0.2) is 0 Å². The average Bonchev–Trinajstić information content (AvgIpc) is 2.44. The Kier molecular flexibility index (Phi) is 7.84. The second kappa shape index (κ2) is 8.85. The van der Waals surface area contributed by atoms with Crippen LogP contribution < -0.4 is 5.32 Å². The van der Waals surface area contributed by atoms with Crippen molar-refractivity contribution >= 4 is 17.7 Å². The second-order valence-electron chi connectivity index (χ2n) is 5.59. The van der Waals surface area contributed by atoms with E-state index in [4.69, 9.17) is 4.74 Å². The molecule has 1 aliphatic carbocycles. The number of hydrogen-bond donors (Lipinski definition) is 1. The molecule has 112 valence electrons. The molecule has 0 bridgehead atoms. The third-order valence-corrected chi connectivity index (χ3v) is 5.40. The van der Waals surface area contributed by atoms with Gasteiger partial charge in [0.2, 0.25) is 0 Å². The van der Waals surface area contributed by atoms with Crippen LogP contribution in [0.1, 0.15) is 58.8 Å². The fourth-order valence-corrected chi connectivity index (χ4v) is 4.10.